The third-order valence-electron chi connectivity index (χ3n) is 4.69. The first-order valence-corrected chi connectivity index (χ1v) is 8.80. The number of amides is 1. The monoisotopic (exact) mass is 376 g/mol. The van der Waals surface area contributed by atoms with Crippen molar-refractivity contribution < 1.29 is 13.9 Å². The SMILES string of the molecule is CNC(=O)c1ccc(C2=Nc3occc3C(N)N2c2ccc(OC)cc2)cc1. The van der Waals surface area contributed by atoms with E-state index in [1.54, 1.807) is 32.6 Å². The Hall–Kier alpha value is -3.58. The van der Waals surface area contributed by atoms with Gasteiger partial charge in [-0.2, -0.15) is 4.99 Å². The fourth-order valence-electron chi connectivity index (χ4n) is 3.19. The minimum absolute atomic E-state index is 0.144. The van der Waals surface area contributed by atoms with Gasteiger partial charge in [-0.15, -0.1) is 0 Å². The van der Waals surface area contributed by atoms with E-state index < -0.39 is 6.17 Å². The highest BCUT2D eigenvalue weighted by molar-refractivity contribution is 6.12. The van der Waals surface area contributed by atoms with E-state index in [-0.39, 0.29) is 5.91 Å². The smallest absolute Gasteiger partial charge is 0.251 e. The first-order chi connectivity index (χ1) is 13.6. The standard InChI is InChI=1S/C21H20N4O3/c1-23-20(26)14-5-3-13(4-6-14)19-24-21-17(11-12-28-21)18(22)25(19)15-7-9-16(27-2)10-8-15/h3-12,18H,22H2,1-2H3,(H,23,26). The topological polar surface area (TPSA) is 93.1 Å². The van der Waals surface area contributed by atoms with Crippen molar-refractivity contribution in [1.82, 2.24) is 5.32 Å². The molecule has 0 radical (unpaired) electrons. The van der Waals surface area contributed by atoms with Gasteiger partial charge in [-0.05, 0) is 42.5 Å². The summed E-state index contributed by atoms with van der Waals surface area (Å²) in [6, 6.07) is 16.6. The van der Waals surface area contributed by atoms with Crippen molar-refractivity contribution in [2.24, 2.45) is 10.7 Å². The molecule has 0 saturated carbocycles. The van der Waals surface area contributed by atoms with Gasteiger partial charge in [0.25, 0.3) is 5.91 Å². The summed E-state index contributed by atoms with van der Waals surface area (Å²) in [6.07, 6.45) is 1.12. The van der Waals surface area contributed by atoms with Gasteiger partial charge in [-0.25, -0.2) is 0 Å². The summed E-state index contributed by atoms with van der Waals surface area (Å²) in [5.41, 5.74) is 9.62. The molecule has 0 bridgehead atoms. The summed E-state index contributed by atoms with van der Waals surface area (Å²) in [6.45, 7) is 0. The zero-order chi connectivity index (χ0) is 19.7. The Morgan fingerprint density at radius 2 is 1.86 bits per heavy atom. The Kier molecular flexibility index (Phi) is 4.58. The van der Waals surface area contributed by atoms with E-state index in [2.05, 4.69) is 10.3 Å². The van der Waals surface area contributed by atoms with Crippen LogP contribution in [0.1, 0.15) is 27.7 Å². The Morgan fingerprint density at radius 3 is 2.50 bits per heavy atom. The second kappa shape index (κ2) is 7.21. The van der Waals surface area contributed by atoms with Crippen LogP contribution in [-0.2, 0) is 0 Å². The van der Waals surface area contributed by atoms with Gasteiger partial charge in [0.05, 0.1) is 18.9 Å². The van der Waals surface area contributed by atoms with E-state index in [1.165, 1.54) is 0 Å². The number of carbonyl (C=O) groups is 1. The van der Waals surface area contributed by atoms with Crippen LogP contribution in [0.3, 0.4) is 0 Å². The van der Waals surface area contributed by atoms with Crippen LogP contribution >= 0.6 is 0 Å². The van der Waals surface area contributed by atoms with Crippen LogP contribution in [0.15, 0.2) is 70.3 Å². The Morgan fingerprint density at radius 1 is 1.14 bits per heavy atom. The predicted octanol–water partition coefficient (Wildman–Crippen LogP) is 3.20. The van der Waals surface area contributed by atoms with Gasteiger partial charge in [0.2, 0.25) is 5.88 Å². The molecule has 1 aliphatic heterocycles. The van der Waals surface area contributed by atoms with Gasteiger partial charge in [0.15, 0.2) is 0 Å². The lowest BCUT2D eigenvalue weighted by Crippen LogP contribution is -2.42. The number of nitrogens with zero attached hydrogens (tertiary/aromatic N) is 2. The fraction of sp³-hybridized carbons (Fsp3) is 0.143. The molecule has 1 amide bonds. The van der Waals surface area contributed by atoms with E-state index in [1.807, 2.05) is 47.4 Å². The highest BCUT2D eigenvalue weighted by Crippen LogP contribution is 2.37. The summed E-state index contributed by atoms with van der Waals surface area (Å²) in [7, 11) is 3.23. The molecule has 2 aromatic carbocycles. The maximum atomic E-state index is 11.8. The van der Waals surface area contributed by atoms with E-state index in [4.69, 9.17) is 14.9 Å². The zero-order valence-electron chi connectivity index (χ0n) is 15.5. The Labute approximate surface area is 162 Å². The van der Waals surface area contributed by atoms with Crippen molar-refractivity contribution in [3.05, 3.63) is 77.6 Å². The van der Waals surface area contributed by atoms with Crippen molar-refractivity contribution in [2.45, 2.75) is 6.17 Å². The van der Waals surface area contributed by atoms with Crippen molar-refractivity contribution in [3.8, 4) is 5.75 Å². The summed E-state index contributed by atoms with van der Waals surface area (Å²) >= 11 is 0. The maximum absolute atomic E-state index is 11.8. The first-order valence-electron chi connectivity index (χ1n) is 8.80. The summed E-state index contributed by atoms with van der Waals surface area (Å²) in [5.74, 6) is 1.74. The van der Waals surface area contributed by atoms with Crippen LogP contribution in [0.4, 0.5) is 11.6 Å². The number of methoxy groups -OCH3 is 1. The molecule has 28 heavy (non-hydrogen) atoms. The van der Waals surface area contributed by atoms with Gasteiger partial charge in [0, 0.05) is 23.9 Å². The third-order valence-corrected chi connectivity index (χ3v) is 4.69. The van der Waals surface area contributed by atoms with Gasteiger partial charge < -0.3 is 25.1 Å². The quantitative estimate of drug-likeness (QED) is 0.729. The van der Waals surface area contributed by atoms with E-state index >= 15 is 0 Å². The number of hydrogen-bond acceptors (Lipinski definition) is 6. The van der Waals surface area contributed by atoms with Crippen molar-refractivity contribution >= 4 is 23.3 Å². The minimum Gasteiger partial charge on any atom is -0.497 e. The number of amidine groups is 1. The van der Waals surface area contributed by atoms with E-state index in [0.717, 1.165) is 22.6 Å². The second-order valence-electron chi connectivity index (χ2n) is 6.29. The number of carbonyl (C=O) groups excluding carboxylic acids is 1. The molecule has 0 spiro atoms. The number of anilines is 1. The minimum atomic E-state index is -0.465. The average Bonchev–Trinajstić information content (AvgIpc) is 3.22. The molecule has 0 fully saturated rings. The second-order valence-corrected chi connectivity index (χ2v) is 6.29. The van der Waals surface area contributed by atoms with E-state index in [9.17, 15) is 4.79 Å². The number of aliphatic imine (C=N–C) groups is 1. The highest BCUT2D eigenvalue weighted by Gasteiger charge is 2.31. The Bertz CT molecular complexity index is 1020. The summed E-state index contributed by atoms with van der Waals surface area (Å²) in [4.78, 5) is 18.5. The lowest BCUT2D eigenvalue weighted by molar-refractivity contribution is 0.0963. The van der Waals surface area contributed by atoms with Crippen molar-refractivity contribution in [2.75, 3.05) is 19.1 Å². The normalized spacial score (nSPS) is 15.6. The number of ether oxygens (including phenoxy) is 1. The largest absolute Gasteiger partial charge is 0.497 e. The third kappa shape index (κ3) is 3.01. The lowest BCUT2D eigenvalue weighted by Gasteiger charge is -2.34. The van der Waals surface area contributed by atoms with Gasteiger partial charge in [-0.3, -0.25) is 4.79 Å². The molecule has 0 aliphatic carbocycles. The summed E-state index contributed by atoms with van der Waals surface area (Å²) < 4.78 is 10.8. The van der Waals surface area contributed by atoms with Gasteiger partial charge >= 0.3 is 0 Å². The number of hydrogen-bond donors (Lipinski definition) is 2. The molecular weight excluding hydrogens is 356 g/mol. The van der Waals surface area contributed by atoms with Crippen molar-refractivity contribution in [1.29, 1.82) is 0 Å². The molecule has 7 heteroatoms. The molecule has 2 heterocycles. The number of benzene rings is 2. The van der Waals surface area contributed by atoms with Crippen molar-refractivity contribution in [3.63, 3.8) is 0 Å². The molecule has 1 unspecified atom stereocenters. The lowest BCUT2D eigenvalue weighted by atomic mass is 10.1. The molecule has 3 aromatic rings. The molecule has 1 aromatic heterocycles. The molecule has 3 N–H and O–H groups in total. The van der Waals surface area contributed by atoms with Crippen LogP contribution in [0.2, 0.25) is 0 Å². The summed E-state index contributed by atoms with van der Waals surface area (Å²) in [5, 5.41) is 2.62. The molecule has 142 valence electrons. The highest BCUT2D eigenvalue weighted by atomic mass is 16.5. The van der Waals surface area contributed by atoms with Crippen LogP contribution in [0.5, 0.6) is 5.75 Å². The maximum Gasteiger partial charge on any atom is 0.251 e. The number of fused-ring (bicyclic) bond motifs is 1. The van der Waals surface area contributed by atoms with Crippen LogP contribution < -0.4 is 20.7 Å². The van der Waals surface area contributed by atoms with Gasteiger partial charge in [-0.1, -0.05) is 12.1 Å². The molecule has 0 saturated heterocycles. The van der Waals surface area contributed by atoms with Crippen LogP contribution in [0, 0.1) is 0 Å². The van der Waals surface area contributed by atoms with Gasteiger partial charge in [0.1, 0.15) is 17.8 Å². The number of nitrogens with one attached hydrogen (secondary N) is 1. The molecule has 7 nitrogen and oxygen atoms in total. The predicted molar refractivity (Wildman–Crippen MR) is 107 cm³/mol. The number of rotatable bonds is 4. The molecule has 1 aliphatic rings. The number of furan rings is 1. The zero-order valence-corrected chi connectivity index (χ0v) is 15.5. The molecular formula is C21H20N4O3. The van der Waals surface area contributed by atoms with E-state index in [0.29, 0.717) is 17.3 Å². The first kappa shape index (κ1) is 17.8. The fourth-order valence-corrected chi connectivity index (χ4v) is 3.19. The van der Waals surface area contributed by atoms with Crippen LogP contribution in [-0.4, -0.2) is 25.9 Å². The average molecular weight is 376 g/mol. The number of nitrogens with two attached hydrogens (primary N) is 1. The van der Waals surface area contributed by atoms with Crippen LogP contribution in [0.25, 0.3) is 0 Å². The Balaban J connectivity index is 1.79. The molecule has 4 rings (SSSR count). The molecule has 1 atom stereocenters.